The number of hydrogen-bond acceptors (Lipinski definition) is 6. The molecule has 8 heteroatoms. The van der Waals surface area contributed by atoms with E-state index in [1.807, 2.05) is 68.4 Å². The fraction of sp³-hybridized carbons (Fsp3) is 0.148. The summed E-state index contributed by atoms with van der Waals surface area (Å²) in [4.78, 5) is 34.7. The van der Waals surface area contributed by atoms with Crippen LogP contribution < -0.4 is 9.80 Å². The molecule has 176 valence electrons. The number of carbonyl (C=O) groups is 2. The van der Waals surface area contributed by atoms with Crippen LogP contribution in [0, 0.1) is 6.92 Å². The van der Waals surface area contributed by atoms with Gasteiger partial charge in [-0.1, -0.05) is 41.1 Å². The van der Waals surface area contributed by atoms with Crippen LogP contribution in [0.2, 0.25) is 5.02 Å². The second-order valence-electron chi connectivity index (χ2n) is 8.63. The lowest BCUT2D eigenvalue weighted by atomic mass is 9.95. The summed E-state index contributed by atoms with van der Waals surface area (Å²) in [6.07, 6.45) is 0. The molecular weight excluding hydrogens is 482 g/mol. The molecule has 1 aliphatic heterocycles. The maximum absolute atomic E-state index is 13.4. The molecule has 1 aliphatic rings. The highest BCUT2D eigenvalue weighted by Gasteiger charge is 2.48. The van der Waals surface area contributed by atoms with Crippen LogP contribution in [0.4, 0.5) is 10.8 Å². The molecule has 1 atom stereocenters. The number of aryl methyl sites for hydroxylation is 1. The molecule has 0 saturated carbocycles. The number of aromatic nitrogens is 1. The third-order valence-corrected chi connectivity index (χ3v) is 7.30. The first-order valence-electron chi connectivity index (χ1n) is 11.0. The van der Waals surface area contributed by atoms with Crippen molar-refractivity contribution in [3.63, 3.8) is 0 Å². The molecule has 1 N–H and O–H groups in total. The first-order valence-corrected chi connectivity index (χ1v) is 12.2. The van der Waals surface area contributed by atoms with Crippen molar-refractivity contribution < 1.29 is 14.7 Å². The minimum absolute atomic E-state index is 0.0189. The summed E-state index contributed by atoms with van der Waals surface area (Å²) < 4.78 is 0.918. The lowest BCUT2D eigenvalue weighted by Gasteiger charge is -2.23. The highest BCUT2D eigenvalue weighted by Crippen LogP contribution is 2.44. The van der Waals surface area contributed by atoms with Gasteiger partial charge in [-0.15, -0.1) is 0 Å². The van der Waals surface area contributed by atoms with Crippen LogP contribution >= 0.6 is 22.9 Å². The Balaban J connectivity index is 1.71. The predicted octanol–water partition coefficient (Wildman–Crippen LogP) is 5.95. The van der Waals surface area contributed by atoms with Crippen LogP contribution in [0.3, 0.4) is 0 Å². The number of amides is 1. The van der Waals surface area contributed by atoms with Crippen LogP contribution in [0.25, 0.3) is 16.0 Å². The summed E-state index contributed by atoms with van der Waals surface area (Å²) in [6, 6.07) is 19.1. The Kier molecular flexibility index (Phi) is 5.83. The zero-order valence-electron chi connectivity index (χ0n) is 19.3. The molecule has 1 fully saturated rings. The molecule has 0 aliphatic carbocycles. The Morgan fingerprint density at radius 1 is 1.03 bits per heavy atom. The summed E-state index contributed by atoms with van der Waals surface area (Å²) in [5.41, 5.74) is 3.91. The number of nitrogens with zero attached hydrogens (tertiary/aromatic N) is 3. The molecule has 5 rings (SSSR count). The van der Waals surface area contributed by atoms with Crippen molar-refractivity contribution >= 4 is 61.4 Å². The van der Waals surface area contributed by atoms with E-state index in [0.717, 1.165) is 21.5 Å². The molecule has 35 heavy (non-hydrogen) atoms. The van der Waals surface area contributed by atoms with Crippen molar-refractivity contribution in [2.45, 2.75) is 13.0 Å². The Morgan fingerprint density at radius 3 is 2.37 bits per heavy atom. The molecule has 1 unspecified atom stereocenters. The number of fused-ring (bicyclic) bond motifs is 1. The standard InChI is InChI=1S/C27H22ClN3O3S/c1-15-4-13-20-21(14-15)35-27(29-20)31-23(16-7-11-19(12-8-16)30(2)3)22(25(33)26(31)34)24(32)17-5-9-18(28)10-6-17/h4-14,23,32H,1-3H3. The van der Waals surface area contributed by atoms with E-state index in [2.05, 4.69) is 4.98 Å². The first-order chi connectivity index (χ1) is 16.7. The van der Waals surface area contributed by atoms with Crippen molar-refractivity contribution in [1.29, 1.82) is 0 Å². The van der Waals surface area contributed by atoms with Crippen LogP contribution in [0.5, 0.6) is 0 Å². The van der Waals surface area contributed by atoms with E-state index in [-0.39, 0.29) is 11.3 Å². The van der Waals surface area contributed by atoms with Gasteiger partial charge < -0.3 is 10.0 Å². The molecule has 1 saturated heterocycles. The van der Waals surface area contributed by atoms with E-state index in [4.69, 9.17) is 11.6 Å². The quantitative estimate of drug-likeness (QED) is 0.211. The third kappa shape index (κ3) is 4.07. The minimum Gasteiger partial charge on any atom is -0.507 e. The Labute approximate surface area is 211 Å². The fourth-order valence-corrected chi connectivity index (χ4v) is 5.40. The Hall–Kier alpha value is -3.68. The number of rotatable bonds is 4. The summed E-state index contributed by atoms with van der Waals surface area (Å²) in [7, 11) is 3.87. The number of carbonyl (C=O) groups excluding carboxylic acids is 2. The van der Waals surface area contributed by atoms with Crippen LogP contribution in [0.15, 0.2) is 72.3 Å². The summed E-state index contributed by atoms with van der Waals surface area (Å²) in [6.45, 7) is 1.99. The maximum atomic E-state index is 13.4. The van der Waals surface area contributed by atoms with Gasteiger partial charge in [0.2, 0.25) is 0 Å². The normalized spacial score (nSPS) is 17.4. The lowest BCUT2D eigenvalue weighted by Crippen LogP contribution is -2.29. The monoisotopic (exact) mass is 503 g/mol. The van der Waals surface area contributed by atoms with Gasteiger partial charge >= 0.3 is 5.91 Å². The van der Waals surface area contributed by atoms with Crippen molar-refractivity contribution in [2.24, 2.45) is 0 Å². The van der Waals surface area contributed by atoms with E-state index >= 15 is 0 Å². The lowest BCUT2D eigenvalue weighted by molar-refractivity contribution is -0.132. The molecular formula is C27H22ClN3O3S. The molecule has 1 amide bonds. The van der Waals surface area contributed by atoms with Gasteiger partial charge in [0.25, 0.3) is 5.78 Å². The number of halogens is 1. The zero-order chi connectivity index (χ0) is 24.9. The number of aliphatic hydroxyl groups excluding tert-OH is 1. The van der Waals surface area contributed by atoms with Crippen LogP contribution in [-0.4, -0.2) is 35.9 Å². The van der Waals surface area contributed by atoms with E-state index in [1.165, 1.54) is 16.2 Å². The molecule has 3 aromatic carbocycles. The molecule has 1 aromatic heterocycles. The number of ketones is 1. The third-order valence-electron chi connectivity index (χ3n) is 6.03. The number of anilines is 2. The van der Waals surface area contributed by atoms with Gasteiger partial charge in [0.05, 0.1) is 21.8 Å². The van der Waals surface area contributed by atoms with Crippen LogP contribution in [-0.2, 0) is 9.59 Å². The van der Waals surface area contributed by atoms with Crippen molar-refractivity contribution in [3.8, 4) is 0 Å². The van der Waals surface area contributed by atoms with Gasteiger partial charge in [0.15, 0.2) is 5.13 Å². The second-order valence-corrected chi connectivity index (χ2v) is 10.1. The van der Waals surface area contributed by atoms with E-state index in [0.29, 0.717) is 21.3 Å². The predicted molar refractivity (Wildman–Crippen MR) is 141 cm³/mol. The average Bonchev–Trinajstić information content (AvgIpc) is 3.37. The summed E-state index contributed by atoms with van der Waals surface area (Å²) in [5, 5.41) is 12.1. The first kappa shape index (κ1) is 23.1. The highest BCUT2D eigenvalue weighted by atomic mass is 35.5. The van der Waals surface area contributed by atoms with E-state index in [1.54, 1.807) is 24.3 Å². The van der Waals surface area contributed by atoms with Crippen LogP contribution in [0.1, 0.15) is 22.7 Å². The number of Topliss-reactive ketones (excluding diaryl/α,β-unsaturated/α-hetero) is 1. The van der Waals surface area contributed by atoms with Gasteiger partial charge in [0, 0.05) is 30.4 Å². The SMILES string of the molecule is Cc1ccc2nc(N3C(=O)C(=O)C(=C(O)c4ccc(Cl)cc4)C3c3ccc(N(C)C)cc3)sc2c1. The number of thiazole rings is 1. The number of hydrogen-bond donors (Lipinski definition) is 1. The minimum atomic E-state index is -0.830. The smallest absolute Gasteiger partial charge is 0.301 e. The van der Waals surface area contributed by atoms with Gasteiger partial charge in [-0.2, -0.15) is 0 Å². The second kappa shape index (κ2) is 8.83. The number of benzene rings is 3. The van der Waals surface area contributed by atoms with Crippen molar-refractivity contribution in [3.05, 3.63) is 94.0 Å². The molecule has 4 aromatic rings. The number of aliphatic hydroxyl groups is 1. The van der Waals surface area contributed by atoms with Gasteiger partial charge in [0.1, 0.15) is 5.76 Å². The molecule has 0 bridgehead atoms. The van der Waals surface area contributed by atoms with Gasteiger partial charge in [-0.25, -0.2) is 4.98 Å². The summed E-state index contributed by atoms with van der Waals surface area (Å²) >= 11 is 7.35. The topological polar surface area (TPSA) is 73.7 Å². The zero-order valence-corrected chi connectivity index (χ0v) is 20.9. The van der Waals surface area contributed by atoms with Gasteiger partial charge in [-0.05, 0) is 66.6 Å². The molecule has 2 heterocycles. The van der Waals surface area contributed by atoms with E-state index in [9.17, 15) is 14.7 Å². The fourth-order valence-electron chi connectivity index (χ4n) is 4.19. The molecule has 0 spiro atoms. The highest BCUT2D eigenvalue weighted by molar-refractivity contribution is 7.22. The maximum Gasteiger partial charge on any atom is 0.301 e. The van der Waals surface area contributed by atoms with Gasteiger partial charge in [-0.3, -0.25) is 14.5 Å². The van der Waals surface area contributed by atoms with Crippen molar-refractivity contribution in [2.75, 3.05) is 23.9 Å². The van der Waals surface area contributed by atoms with Crippen molar-refractivity contribution in [1.82, 2.24) is 4.98 Å². The average molecular weight is 504 g/mol. The Bertz CT molecular complexity index is 1490. The summed E-state index contributed by atoms with van der Waals surface area (Å²) in [5.74, 6) is -1.73. The van der Waals surface area contributed by atoms with E-state index < -0.39 is 17.7 Å². The molecule has 0 radical (unpaired) electrons. The molecule has 6 nitrogen and oxygen atoms in total. The largest absolute Gasteiger partial charge is 0.507 e. The Morgan fingerprint density at radius 2 is 1.71 bits per heavy atom.